The lowest BCUT2D eigenvalue weighted by Gasteiger charge is -2.13. The molecule has 112 valence electrons. The molecule has 0 saturated heterocycles. The van der Waals surface area contributed by atoms with E-state index in [-0.39, 0.29) is 0 Å². The van der Waals surface area contributed by atoms with Crippen LogP contribution < -0.4 is 10.0 Å². The summed E-state index contributed by atoms with van der Waals surface area (Å²) in [7, 11) is -3.29. The molecule has 2 N–H and O–H groups in total. The maximum absolute atomic E-state index is 11.4. The quantitative estimate of drug-likeness (QED) is 0.844. The van der Waals surface area contributed by atoms with Crippen molar-refractivity contribution in [2.75, 3.05) is 16.3 Å². The molecular formula is C15H17BrN2O2S. The van der Waals surface area contributed by atoms with E-state index >= 15 is 0 Å². The van der Waals surface area contributed by atoms with Gasteiger partial charge in [0.2, 0.25) is 10.0 Å². The van der Waals surface area contributed by atoms with E-state index in [1.165, 1.54) is 0 Å². The first-order valence-corrected chi connectivity index (χ1v) is 9.09. The summed E-state index contributed by atoms with van der Waals surface area (Å²) >= 11 is 3.47. The smallest absolute Gasteiger partial charge is 0.229 e. The Morgan fingerprint density at radius 2 is 1.76 bits per heavy atom. The lowest BCUT2D eigenvalue weighted by Crippen LogP contribution is -2.12. The highest BCUT2D eigenvalue weighted by molar-refractivity contribution is 9.10. The van der Waals surface area contributed by atoms with E-state index in [9.17, 15) is 8.42 Å². The van der Waals surface area contributed by atoms with E-state index < -0.39 is 10.0 Å². The molecule has 0 aliphatic heterocycles. The molecule has 0 radical (unpaired) electrons. The number of hydrogen-bond acceptors (Lipinski definition) is 3. The normalized spacial score (nSPS) is 11.2. The third-order valence-corrected chi connectivity index (χ3v) is 4.41. The van der Waals surface area contributed by atoms with E-state index in [1.54, 1.807) is 12.1 Å². The molecule has 2 aromatic carbocycles. The SMILES string of the molecule is Cc1cc(CNc2ccccc2NS(C)(=O)=O)ccc1Br. The Kier molecular flexibility index (Phi) is 4.90. The number of para-hydroxylation sites is 2. The average molecular weight is 369 g/mol. The second-order valence-corrected chi connectivity index (χ2v) is 7.46. The zero-order valence-electron chi connectivity index (χ0n) is 11.9. The van der Waals surface area contributed by atoms with Gasteiger partial charge in [0.1, 0.15) is 0 Å². The Morgan fingerprint density at radius 1 is 1.10 bits per heavy atom. The first kappa shape index (κ1) is 15.9. The molecule has 0 heterocycles. The zero-order chi connectivity index (χ0) is 15.5. The van der Waals surface area contributed by atoms with Crippen LogP contribution in [-0.2, 0) is 16.6 Å². The van der Waals surface area contributed by atoms with Crippen LogP contribution in [0.5, 0.6) is 0 Å². The van der Waals surface area contributed by atoms with Crippen molar-refractivity contribution in [3.8, 4) is 0 Å². The maximum Gasteiger partial charge on any atom is 0.229 e. The summed E-state index contributed by atoms with van der Waals surface area (Å²) in [4.78, 5) is 0. The van der Waals surface area contributed by atoms with Crippen LogP contribution in [0.4, 0.5) is 11.4 Å². The van der Waals surface area contributed by atoms with Crippen LogP contribution in [0.2, 0.25) is 0 Å². The van der Waals surface area contributed by atoms with Gasteiger partial charge in [-0.2, -0.15) is 0 Å². The molecule has 0 spiro atoms. The molecule has 0 atom stereocenters. The largest absolute Gasteiger partial charge is 0.379 e. The van der Waals surface area contributed by atoms with Crippen molar-refractivity contribution in [2.45, 2.75) is 13.5 Å². The molecule has 0 aromatic heterocycles. The van der Waals surface area contributed by atoms with Crippen molar-refractivity contribution < 1.29 is 8.42 Å². The van der Waals surface area contributed by atoms with Gasteiger partial charge in [0.25, 0.3) is 0 Å². The highest BCUT2D eigenvalue weighted by Crippen LogP contribution is 2.23. The summed E-state index contributed by atoms with van der Waals surface area (Å²) in [5.74, 6) is 0. The van der Waals surface area contributed by atoms with Crippen LogP contribution in [-0.4, -0.2) is 14.7 Å². The third kappa shape index (κ3) is 4.75. The van der Waals surface area contributed by atoms with Gasteiger partial charge in [0, 0.05) is 11.0 Å². The van der Waals surface area contributed by atoms with E-state index in [4.69, 9.17) is 0 Å². The first-order valence-electron chi connectivity index (χ1n) is 6.41. The maximum atomic E-state index is 11.4. The summed E-state index contributed by atoms with van der Waals surface area (Å²) in [5, 5.41) is 3.26. The number of rotatable bonds is 5. The second-order valence-electron chi connectivity index (χ2n) is 4.86. The highest BCUT2D eigenvalue weighted by Gasteiger charge is 2.06. The summed E-state index contributed by atoms with van der Waals surface area (Å²) in [5.41, 5.74) is 3.60. The minimum absolute atomic E-state index is 0.550. The van der Waals surface area contributed by atoms with E-state index in [0.29, 0.717) is 12.2 Å². The lowest BCUT2D eigenvalue weighted by molar-refractivity contribution is 0.607. The molecule has 0 fully saturated rings. The molecule has 0 saturated carbocycles. The number of halogens is 1. The Balaban J connectivity index is 2.14. The van der Waals surface area contributed by atoms with Gasteiger partial charge in [0.15, 0.2) is 0 Å². The molecule has 6 heteroatoms. The Bertz CT molecular complexity index is 745. The summed E-state index contributed by atoms with van der Waals surface area (Å²) in [6.07, 6.45) is 1.14. The number of hydrogen-bond donors (Lipinski definition) is 2. The van der Waals surface area contributed by atoms with Crippen molar-refractivity contribution in [1.29, 1.82) is 0 Å². The van der Waals surface area contributed by atoms with Gasteiger partial charge in [-0.15, -0.1) is 0 Å². The molecular weight excluding hydrogens is 352 g/mol. The number of anilines is 2. The van der Waals surface area contributed by atoms with Gasteiger partial charge in [-0.1, -0.05) is 40.2 Å². The van der Waals surface area contributed by atoms with Crippen LogP contribution in [0.1, 0.15) is 11.1 Å². The number of nitrogens with one attached hydrogen (secondary N) is 2. The molecule has 21 heavy (non-hydrogen) atoms. The topological polar surface area (TPSA) is 58.2 Å². The van der Waals surface area contributed by atoms with E-state index in [0.717, 1.165) is 27.5 Å². The van der Waals surface area contributed by atoms with Crippen LogP contribution in [0, 0.1) is 6.92 Å². The number of aryl methyl sites for hydroxylation is 1. The predicted octanol–water partition coefficient (Wildman–Crippen LogP) is 3.74. The van der Waals surface area contributed by atoms with Crippen molar-refractivity contribution in [2.24, 2.45) is 0 Å². The summed E-state index contributed by atoms with van der Waals surface area (Å²) in [6, 6.07) is 13.4. The fourth-order valence-electron chi connectivity index (χ4n) is 1.94. The van der Waals surface area contributed by atoms with Crippen LogP contribution in [0.3, 0.4) is 0 Å². The minimum Gasteiger partial charge on any atom is -0.379 e. The predicted molar refractivity (Wildman–Crippen MR) is 91.1 cm³/mol. The molecule has 2 rings (SSSR count). The molecule has 0 aliphatic carbocycles. The van der Waals surface area contributed by atoms with Crippen LogP contribution in [0.15, 0.2) is 46.9 Å². The highest BCUT2D eigenvalue weighted by atomic mass is 79.9. The fraction of sp³-hybridized carbons (Fsp3) is 0.200. The van der Waals surface area contributed by atoms with Gasteiger partial charge in [-0.3, -0.25) is 4.72 Å². The number of sulfonamides is 1. The minimum atomic E-state index is -3.29. The van der Waals surface area contributed by atoms with Crippen molar-refractivity contribution >= 4 is 37.3 Å². The van der Waals surface area contributed by atoms with Crippen molar-refractivity contribution in [3.63, 3.8) is 0 Å². The van der Waals surface area contributed by atoms with E-state index in [1.807, 2.05) is 31.2 Å². The van der Waals surface area contributed by atoms with Crippen molar-refractivity contribution in [1.82, 2.24) is 0 Å². The summed E-state index contributed by atoms with van der Waals surface area (Å²) in [6.45, 7) is 2.66. The monoisotopic (exact) mass is 368 g/mol. The molecule has 0 bridgehead atoms. The molecule has 0 aliphatic rings. The molecule has 0 unspecified atom stereocenters. The van der Waals surface area contributed by atoms with Crippen molar-refractivity contribution in [3.05, 3.63) is 58.1 Å². The van der Waals surface area contributed by atoms with Gasteiger partial charge in [0.05, 0.1) is 17.6 Å². The average Bonchev–Trinajstić information content (AvgIpc) is 2.40. The lowest BCUT2D eigenvalue weighted by atomic mass is 10.1. The standard InChI is InChI=1S/C15H17BrN2O2S/c1-11-9-12(7-8-13(11)16)10-17-14-5-3-4-6-15(14)18-21(2,19)20/h3-9,17-18H,10H2,1-2H3. The molecule has 2 aromatic rings. The Hall–Kier alpha value is -1.53. The summed E-state index contributed by atoms with van der Waals surface area (Å²) < 4.78 is 26.3. The Morgan fingerprint density at radius 3 is 2.38 bits per heavy atom. The first-order chi connectivity index (χ1) is 9.85. The molecule has 0 amide bonds. The fourth-order valence-corrected chi connectivity index (χ4v) is 2.76. The van der Waals surface area contributed by atoms with Crippen LogP contribution in [0.25, 0.3) is 0 Å². The van der Waals surface area contributed by atoms with Gasteiger partial charge in [-0.25, -0.2) is 8.42 Å². The Labute approximate surface area is 133 Å². The van der Waals surface area contributed by atoms with Gasteiger partial charge < -0.3 is 5.32 Å². The third-order valence-electron chi connectivity index (χ3n) is 2.93. The number of benzene rings is 2. The molecule has 4 nitrogen and oxygen atoms in total. The zero-order valence-corrected chi connectivity index (χ0v) is 14.3. The van der Waals surface area contributed by atoms with Gasteiger partial charge in [-0.05, 0) is 36.2 Å². The van der Waals surface area contributed by atoms with E-state index in [2.05, 4.69) is 32.0 Å². The van der Waals surface area contributed by atoms with Crippen LogP contribution >= 0.6 is 15.9 Å². The van der Waals surface area contributed by atoms with Gasteiger partial charge >= 0.3 is 0 Å². The second kappa shape index (κ2) is 6.49.